The van der Waals surface area contributed by atoms with E-state index >= 15 is 0 Å². The molecule has 4 rings (SSSR count). The summed E-state index contributed by atoms with van der Waals surface area (Å²) >= 11 is 5.99. The first-order chi connectivity index (χ1) is 14.1. The molecule has 144 valence electrons. The van der Waals surface area contributed by atoms with Crippen molar-refractivity contribution in [2.24, 2.45) is 0 Å². The van der Waals surface area contributed by atoms with E-state index in [0.29, 0.717) is 29.4 Å². The molecule has 0 unspecified atom stereocenters. The van der Waals surface area contributed by atoms with Gasteiger partial charge >= 0.3 is 0 Å². The third-order valence-electron chi connectivity index (χ3n) is 5.06. The van der Waals surface area contributed by atoms with E-state index in [4.69, 9.17) is 11.6 Å². The van der Waals surface area contributed by atoms with E-state index in [1.807, 2.05) is 53.4 Å². The highest BCUT2D eigenvalue weighted by Gasteiger charge is 2.27. The number of nitrogens with zero attached hydrogens (tertiary/aromatic N) is 1. The van der Waals surface area contributed by atoms with E-state index in [0.717, 1.165) is 17.5 Å². The van der Waals surface area contributed by atoms with Gasteiger partial charge in [-0.1, -0.05) is 84.4 Å². The third kappa shape index (κ3) is 4.15. The van der Waals surface area contributed by atoms with Crippen LogP contribution < -0.4 is 15.8 Å². The van der Waals surface area contributed by atoms with Crippen LogP contribution in [-0.4, -0.2) is 6.54 Å². The van der Waals surface area contributed by atoms with Gasteiger partial charge in [0.15, 0.2) is 0 Å². The van der Waals surface area contributed by atoms with Crippen LogP contribution in [0.25, 0.3) is 11.1 Å². The Hall–Kier alpha value is -3.17. The maximum atomic E-state index is 12.6. The molecule has 0 bridgehead atoms. The van der Waals surface area contributed by atoms with Gasteiger partial charge in [0.1, 0.15) is 5.69 Å². The molecule has 4 aromatic rings. The van der Waals surface area contributed by atoms with E-state index < -0.39 is 10.9 Å². The summed E-state index contributed by atoms with van der Waals surface area (Å²) in [5.74, 6) is 0. The standard InChI is InChI=1S/C25H20ClNO2/c26-21-13-11-20(12-14-21)22-23(25(29)24(22)28)27(17-19-9-5-2-6-10-19)16-15-18-7-3-1-4-8-18/h1-14H,15-17H2. The Bertz CT molecular complexity index is 1160. The highest BCUT2D eigenvalue weighted by Crippen LogP contribution is 2.29. The van der Waals surface area contributed by atoms with Crippen molar-refractivity contribution in [3.8, 4) is 11.1 Å². The Labute approximate surface area is 174 Å². The van der Waals surface area contributed by atoms with Crippen molar-refractivity contribution in [2.45, 2.75) is 13.0 Å². The molecular formula is C25H20ClNO2. The van der Waals surface area contributed by atoms with Crippen LogP contribution in [0.3, 0.4) is 0 Å². The summed E-state index contributed by atoms with van der Waals surface area (Å²) < 4.78 is 0. The minimum atomic E-state index is -0.430. The van der Waals surface area contributed by atoms with E-state index in [1.165, 1.54) is 5.56 Å². The summed E-state index contributed by atoms with van der Waals surface area (Å²) in [7, 11) is 0. The number of rotatable bonds is 7. The van der Waals surface area contributed by atoms with Gasteiger partial charge < -0.3 is 4.90 Å². The lowest BCUT2D eigenvalue weighted by Gasteiger charge is -2.28. The van der Waals surface area contributed by atoms with Gasteiger partial charge in [0.2, 0.25) is 10.9 Å². The molecule has 0 aliphatic carbocycles. The van der Waals surface area contributed by atoms with Crippen LogP contribution in [0.1, 0.15) is 11.1 Å². The summed E-state index contributed by atoms with van der Waals surface area (Å²) in [5.41, 5.74) is 3.14. The van der Waals surface area contributed by atoms with Crippen LogP contribution >= 0.6 is 11.6 Å². The predicted octanol–water partition coefficient (Wildman–Crippen LogP) is 4.85. The van der Waals surface area contributed by atoms with Gasteiger partial charge in [-0.25, -0.2) is 0 Å². The number of hydrogen-bond donors (Lipinski definition) is 0. The highest BCUT2D eigenvalue weighted by molar-refractivity contribution is 6.30. The van der Waals surface area contributed by atoms with Gasteiger partial charge in [0.25, 0.3) is 0 Å². The van der Waals surface area contributed by atoms with Crippen LogP contribution in [-0.2, 0) is 13.0 Å². The minimum Gasteiger partial charge on any atom is -0.363 e. The van der Waals surface area contributed by atoms with Gasteiger partial charge in [-0.2, -0.15) is 0 Å². The van der Waals surface area contributed by atoms with Crippen LogP contribution in [0.5, 0.6) is 0 Å². The Kier molecular flexibility index (Phi) is 5.59. The van der Waals surface area contributed by atoms with Crippen molar-refractivity contribution in [2.75, 3.05) is 11.4 Å². The predicted molar refractivity (Wildman–Crippen MR) is 119 cm³/mol. The second-order valence-corrected chi connectivity index (χ2v) is 7.47. The second-order valence-electron chi connectivity index (χ2n) is 7.03. The zero-order chi connectivity index (χ0) is 20.2. The molecule has 3 nitrogen and oxygen atoms in total. The molecule has 0 heterocycles. The minimum absolute atomic E-state index is 0.418. The lowest BCUT2D eigenvalue weighted by Crippen LogP contribution is -2.42. The molecule has 0 radical (unpaired) electrons. The number of hydrogen-bond acceptors (Lipinski definition) is 3. The fourth-order valence-electron chi connectivity index (χ4n) is 3.55. The molecule has 0 N–H and O–H groups in total. The third-order valence-corrected chi connectivity index (χ3v) is 5.32. The van der Waals surface area contributed by atoms with Gasteiger partial charge in [-0.05, 0) is 35.2 Å². The average Bonchev–Trinajstić information content (AvgIpc) is 2.77. The van der Waals surface area contributed by atoms with Crippen LogP contribution in [0.4, 0.5) is 5.69 Å². The van der Waals surface area contributed by atoms with E-state index in [9.17, 15) is 9.59 Å². The molecular weight excluding hydrogens is 382 g/mol. The van der Waals surface area contributed by atoms with Gasteiger partial charge in [0, 0.05) is 18.1 Å². The van der Waals surface area contributed by atoms with Crippen molar-refractivity contribution in [1.29, 1.82) is 0 Å². The molecule has 0 spiro atoms. The molecule has 0 fully saturated rings. The lowest BCUT2D eigenvalue weighted by molar-refractivity contribution is 0.775. The fourth-order valence-corrected chi connectivity index (χ4v) is 3.67. The van der Waals surface area contributed by atoms with Crippen LogP contribution in [0, 0.1) is 0 Å². The molecule has 29 heavy (non-hydrogen) atoms. The van der Waals surface area contributed by atoms with Crippen molar-refractivity contribution in [1.82, 2.24) is 0 Å². The van der Waals surface area contributed by atoms with Crippen molar-refractivity contribution < 1.29 is 0 Å². The van der Waals surface area contributed by atoms with Crippen molar-refractivity contribution in [3.63, 3.8) is 0 Å². The number of benzene rings is 3. The van der Waals surface area contributed by atoms with E-state index in [1.54, 1.807) is 24.3 Å². The summed E-state index contributed by atoms with van der Waals surface area (Å²) in [6, 6.07) is 27.2. The summed E-state index contributed by atoms with van der Waals surface area (Å²) in [4.78, 5) is 27.0. The normalized spacial score (nSPS) is 10.9. The molecule has 0 atom stereocenters. The second kappa shape index (κ2) is 8.46. The van der Waals surface area contributed by atoms with Gasteiger partial charge in [-0.3, -0.25) is 9.59 Å². The Morgan fingerprint density at radius 3 is 1.90 bits per heavy atom. The molecule has 0 amide bonds. The van der Waals surface area contributed by atoms with Gasteiger partial charge in [0.05, 0.1) is 5.56 Å². The lowest BCUT2D eigenvalue weighted by atomic mass is 9.97. The molecule has 0 aliphatic rings. The summed E-state index contributed by atoms with van der Waals surface area (Å²) in [5, 5.41) is 0.596. The molecule has 4 aromatic carbocycles. The highest BCUT2D eigenvalue weighted by atomic mass is 35.5. The van der Waals surface area contributed by atoms with E-state index in [2.05, 4.69) is 12.1 Å². The van der Waals surface area contributed by atoms with Gasteiger partial charge in [-0.15, -0.1) is 0 Å². The topological polar surface area (TPSA) is 37.4 Å². The van der Waals surface area contributed by atoms with Crippen molar-refractivity contribution in [3.05, 3.63) is 122 Å². The zero-order valence-corrected chi connectivity index (χ0v) is 16.6. The first-order valence-electron chi connectivity index (χ1n) is 9.55. The Morgan fingerprint density at radius 1 is 0.690 bits per heavy atom. The first kappa shape index (κ1) is 19.2. The molecule has 0 aliphatic heterocycles. The monoisotopic (exact) mass is 401 g/mol. The zero-order valence-electron chi connectivity index (χ0n) is 15.8. The maximum absolute atomic E-state index is 12.6. The van der Waals surface area contributed by atoms with Crippen LogP contribution in [0.2, 0.25) is 5.02 Å². The van der Waals surface area contributed by atoms with E-state index in [-0.39, 0.29) is 0 Å². The average molecular weight is 402 g/mol. The Balaban J connectivity index is 1.69. The molecule has 0 saturated carbocycles. The molecule has 0 saturated heterocycles. The quantitative estimate of drug-likeness (QED) is 0.415. The Morgan fingerprint density at radius 2 is 1.28 bits per heavy atom. The maximum Gasteiger partial charge on any atom is 0.250 e. The summed E-state index contributed by atoms with van der Waals surface area (Å²) in [6.45, 7) is 1.21. The fraction of sp³-hybridized carbons (Fsp3) is 0.120. The van der Waals surface area contributed by atoms with Crippen LogP contribution in [0.15, 0.2) is 94.5 Å². The number of halogens is 1. The first-order valence-corrected chi connectivity index (χ1v) is 9.93. The SMILES string of the molecule is O=c1c(-c2ccc(Cl)cc2)c(N(CCc2ccccc2)Cc2ccccc2)c1=O. The number of anilines is 1. The largest absolute Gasteiger partial charge is 0.363 e. The molecule has 4 heteroatoms. The smallest absolute Gasteiger partial charge is 0.250 e. The summed E-state index contributed by atoms with van der Waals surface area (Å²) in [6.07, 6.45) is 0.784. The molecule has 0 aromatic heterocycles. The van der Waals surface area contributed by atoms with Crippen molar-refractivity contribution >= 4 is 17.3 Å².